The first kappa shape index (κ1) is 14.4. The Labute approximate surface area is 120 Å². The Morgan fingerprint density at radius 3 is 1.70 bits per heavy atom. The van der Waals surface area contributed by atoms with Crippen LogP contribution in [0.4, 0.5) is 0 Å². The quantitative estimate of drug-likeness (QED) is 0.850. The zero-order chi connectivity index (χ0) is 14.6. The highest BCUT2D eigenvalue weighted by molar-refractivity contribution is 5.27. The Morgan fingerprint density at radius 1 is 0.750 bits per heavy atom. The third kappa shape index (κ3) is 4.30. The lowest BCUT2D eigenvalue weighted by Crippen LogP contribution is -2.16. The molecular formula is C18H22O2. The van der Waals surface area contributed by atoms with Crippen molar-refractivity contribution in [1.29, 1.82) is 0 Å². The normalized spacial score (nSPS) is 11.5. The molecule has 0 amide bonds. The Hall–Kier alpha value is -1.96. The van der Waals surface area contributed by atoms with Crippen molar-refractivity contribution in [2.24, 2.45) is 5.41 Å². The number of aromatic hydroxyl groups is 2. The topological polar surface area (TPSA) is 40.5 Å². The summed E-state index contributed by atoms with van der Waals surface area (Å²) in [4.78, 5) is 0. The van der Waals surface area contributed by atoms with Gasteiger partial charge in [-0.1, -0.05) is 38.1 Å². The number of hydrogen-bond donors (Lipinski definition) is 2. The molecule has 0 atom stereocenters. The van der Waals surface area contributed by atoms with Crippen LogP contribution in [0.15, 0.2) is 48.5 Å². The van der Waals surface area contributed by atoms with Crippen molar-refractivity contribution < 1.29 is 10.2 Å². The first-order valence-electron chi connectivity index (χ1n) is 7.00. The molecular weight excluding hydrogens is 248 g/mol. The number of aryl methyl sites for hydroxylation is 1. The second-order valence-electron chi connectivity index (χ2n) is 6.17. The average molecular weight is 270 g/mol. The predicted octanol–water partition coefficient (Wildman–Crippen LogP) is 4.30. The third-order valence-corrected chi connectivity index (χ3v) is 3.65. The maximum absolute atomic E-state index is 9.31. The molecule has 0 saturated heterocycles. The molecule has 0 aliphatic heterocycles. The molecule has 0 radical (unpaired) electrons. The zero-order valence-corrected chi connectivity index (χ0v) is 12.1. The summed E-state index contributed by atoms with van der Waals surface area (Å²) in [5.74, 6) is 0.632. The molecule has 0 heterocycles. The minimum absolute atomic E-state index is 0.203. The van der Waals surface area contributed by atoms with E-state index in [4.69, 9.17) is 0 Å². The molecule has 2 heteroatoms. The fraction of sp³-hybridized carbons (Fsp3) is 0.333. The van der Waals surface area contributed by atoms with E-state index in [1.54, 1.807) is 24.3 Å². The first-order valence-corrected chi connectivity index (χ1v) is 7.00. The van der Waals surface area contributed by atoms with Crippen LogP contribution >= 0.6 is 0 Å². The Morgan fingerprint density at radius 2 is 1.20 bits per heavy atom. The Bertz CT molecular complexity index is 539. The molecule has 2 aromatic rings. The van der Waals surface area contributed by atoms with Crippen molar-refractivity contribution >= 4 is 0 Å². The summed E-state index contributed by atoms with van der Waals surface area (Å²) >= 11 is 0. The van der Waals surface area contributed by atoms with Crippen LogP contribution in [0.25, 0.3) is 0 Å². The maximum atomic E-state index is 9.31. The number of phenols is 2. The van der Waals surface area contributed by atoms with Gasteiger partial charge in [0.2, 0.25) is 0 Å². The summed E-state index contributed by atoms with van der Waals surface area (Å²) in [6, 6.07) is 14.9. The first-order chi connectivity index (χ1) is 9.44. The average Bonchev–Trinajstić information content (AvgIpc) is 2.41. The van der Waals surface area contributed by atoms with Crippen molar-refractivity contribution in [1.82, 2.24) is 0 Å². The van der Waals surface area contributed by atoms with Gasteiger partial charge in [0.15, 0.2) is 0 Å². The third-order valence-electron chi connectivity index (χ3n) is 3.65. The lowest BCUT2D eigenvalue weighted by atomic mass is 9.80. The fourth-order valence-corrected chi connectivity index (χ4v) is 2.40. The van der Waals surface area contributed by atoms with Gasteiger partial charge in [-0.25, -0.2) is 0 Å². The summed E-state index contributed by atoms with van der Waals surface area (Å²) in [6.45, 7) is 4.53. The molecule has 2 aromatic carbocycles. The van der Waals surface area contributed by atoms with E-state index in [1.165, 1.54) is 11.1 Å². The second-order valence-corrected chi connectivity index (χ2v) is 6.17. The number of hydrogen-bond acceptors (Lipinski definition) is 2. The molecule has 0 spiro atoms. The van der Waals surface area contributed by atoms with E-state index >= 15 is 0 Å². The smallest absolute Gasteiger partial charge is 0.115 e. The number of benzene rings is 2. The minimum atomic E-state index is 0.203. The molecule has 0 unspecified atom stereocenters. The van der Waals surface area contributed by atoms with E-state index in [0.29, 0.717) is 11.5 Å². The number of phenolic OH excluding ortho intramolecular Hbond substituents is 2. The van der Waals surface area contributed by atoms with E-state index in [1.807, 2.05) is 24.3 Å². The van der Waals surface area contributed by atoms with E-state index in [9.17, 15) is 10.2 Å². The van der Waals surface area contributed by atoms with Crippen molar-refractivity contribution in [2.75, 3.05) is 0 Å². The summed E-state index contributed by atoms with van der Waals surface area (Å²) in [7, 11) is 0. The monoisotopic (exact) mass is 270 g/mol. The molecule has 0 fully saturated rings. The standard InChI is InChI=1S/C18H22O2/c1-18(2,13-15-5-9-17(20)10-6-15)12-11-14-3-7-16(19)8-4-14/h3-10,19-20H,11-13H2,1-2H3. The van der Waals surface area contributed by atoms with Crippen LogP contribution in [0.2, 0.25) is 0 Å². The van der Waals surface area contributed by atoms with Gasteiger partial charge in [-0.05, 0) is 60.1 Å². The van der Waals surface area contributed by atoms with Gasteiger partial charge in [0, 0.05) is 0 Å². The predicted molar refractivity (Wildman–Crippen MR) is 82.0 cm³/mol. The molecule has 0 bridgehead atoms. The van der Waals surface area contributed by atoms with Crippen LogP contribution in [-0.2, 0) is 12.8 Å². The van der Waals surface area contributed by atoms with Gasteiger partial charge in [0.05, 0.1) is 0 Å². The molecule has 2 nitrogen and oxygen atoms in total. The molecule has 2 N–H and O–H groups in total. The molecule has 20 heavy (non-hydrogen) atoms. The highest BCUT2D eigenvalue weighted by atomic mass is 16.3. The van der Waals surface area contributed by atoms with Crippen LogP contribution in [0.1, 0.15) is 31.4 Å². The number of rotatable bonds is 5. The second kappa shape index (κ2) is 6.00. The van der Waals surface area contributed by atoms with Crippen LogP contribution in [0, 0.1) is 5.41 Å². The highest BCUT2D eigenvalue weighted by Crippen LogP contribution is 2.28. The van der Waals surface area contributed by atoms with Gasteiger partial charge < -0.3 is 10.2 Å². The van der Waals surface area contributed by atoms with Crippen molar-refractivity contribution in [2.45, 2.75) is 33.1 Å². The minimum Gasteiger partial charge on any atom is -0.508 e. The highest BCUT2D eigenvalue weighted by Gasteiger charge is 2.18. The van der Waals surface area contributed by atoms with Crippen molar-refractivity contribution in [3.8, 4) is 11.5 Å². The molecule has 0 aliphatic rings. The van der Waals surface area contributed by atoms with E-state index in [0.717, 1.165) is 19.3 Å². The van der Waals surface area contributed by atoms with Gasteiger partial charge >= 0.3 is 0 Å². The zero-order valence-electron chi connectivity index (χ0n) is 12.1. The lowest BCUT2D eigenvalue weighted by molar-refractivity contribution is 0.333. The van der Waals surface area contributed by atoms with Crippen LogP contribution in [0.3, 0.4) is 0 Å². The Balaban J connectivity index is 1.93. The van der Waals surface area contributed by atoms with E-state index in [2.05, 4.69) is 13.8 Å². The molecule has 106 valence electrons. The SMILES string of the molecule is CC(C)(CCc1ccc(O)cc1)Cc1ccc(O)cc1. The van der Waals surface area contributed by atoms with Crippen LogP contribution in [0.5, 0.6) is 11.5 Å². The van der Waals surface area contributed by atoms with Gasteiger partial charge in [-0.3, -0.25) is 0 Å². The van der Waals surface area contributed by atoms with Crippen molar-refractivity contribution in [3.63, 3.8) is 0 Å². The largest absolute Gasteiger partial charge is 0.508 e. The van der Waals surface area contributed by atoms with Gasteiger partial charge in [0.1, 0.15) is 11.5 Å². The summed E-state index contributed by atoms with van der Waals surface area (Å²) in [6.07, 6.45) is 3.08. The molecule has 0 aromatic heterocycles. The fourth-order valence-electron chi connectivity index (χ4n) is 2.40. The molecule has 0 saturated carbocycles. The van der Waals surface area contributed by atoms with E-state index < -0.39 is 0 Å². The maximum Gasteiger partial charge on any atom is 0.115 e. The Kier molecular flexibility index (Phi) is 4.33. The van der Waals surface area contributed by atoms with Gasteiger partial charge in [0.25, 0.3) is 0 Å². The lowest BCUT2D eigenvalue weighted by Gasteiger charge is -2.25. The summed E-state index contributed by atoms with van der Waals surface area (Å²) in [5.41, 5.74) is 2.70. The summed E-state index contributed by atoms with van der Waals surface area (Å²) < 4.78 is 0. The molecule has 0 aliphatic carbocycles. The van der Waals surface area contributed by atoms with Crippen molar-refractivity contribution in [3.05, 3.63) is 59.7 Å². The van der Waals surface area contributed by atoms with Gasteiger partial charge in [-0.15, -0.1) is 0 Å². The van der Waals surface area contributed by atoms with Crippen LogP contribution < -0.4 is 0 Å². The van der Waals surface area contributed by atoms with Gasteiger partial charge in [-0.2, -0.15) is 0 Å². The van der Waals surface area contributed by atoms with Crippen LogP contribution in [-0.4, -0.2) is 10.2 Å². The van der Waals surface area contributed by atoms with E-state index in [-0.39, 0.29) is 5.41 Å². The molecule has 2 rings (SSSR count). The summed E-state index contributed by atoms with van der Waals surface area (Å²) in [5, 5.41) is 18.6.